The van der Waals surface area contributed by atoms with Gasteiger partial charge in [-0.2, -0.15) is 0 Å². The first kappa shape index (κ1) is 17.4. The molecule has 0 spiro atoms. The summed E-state index contributed by atoms with van der Waals surface area (Å²) in [4.78, 5) is 40.3. The van der Waals surface area contributed by atoms with Gasteiger partial charge >= 0.3 is 6.03 Å². The lowest BCUT2D eigenvalue weighted by molar-refractivity contribution is -0.139. The minimum atomic E-state index is -1.15. The van der Waals surface area contributed by atoms with E-state index in [-0.39, 0.29) is 18.5 Å². The summed E-state index contributed by atoms with van der Waals surface area (Å²) in [6.45, 7) is 4.45. The van der Waals surface area contributed by atoms with Crippen LogP contribution < -0.4 is 11.1 Å². The van der Waals surface area contributed by atoms with Crippen LogP contribution in [0, 0.1) is 6.92 Å². The van der Waals surface area contributed by atoms with E-state index in [0.717, 1.165) is 23.3 Å². The van der Waals surface area contributed by atoms with E-state index in [1.807, 2.05) is 31.2 Å². The van der Waals surface area contributed by atoms with Crippen molar-refractivity contribution >= 4 is 17.8 Å². The highest BCUT2D eigenvalue weighted by atomic mass is 16.2. The molecule has 2 atom stereocenters. The monoisotopic (exact) mass is 344 g/mol. The van der Waals surface area contributed by atoms with Crippen LogP contribution in [-0.2, 0) is 15.1 Å². The minimum absolute atomic E-state index is 0.0429. The number of piperidine rings is 1. The molecule has 25 heavy (non-hydrogen) atoms. The first-order valence-corrected chi connectivity index (χ1v) is 8.56. The molecule has 1 aromatic carbocycles. The lowest BCUT2D eigenvalue weighted by atomic mass is 9.91. The van der Waals surface area contributed by atoms with Crippen molar-refractivity contribution in [1.29, 1.82) is 0 Å². The number of amides is 4. The Hall–Kier alpha value is -2.41. The zero-order valence-electron chi connectivity index (χ0n) is 14.6. The summed E-state index contributed by atoms with van der Waals surface area (Å²) < 4.78 is 0. The second-order valence-corrected chi connectivity index (χ2v) is 7.05. The maximum absolute atomic E-state index is 12.9. The number of nitrogens with one attached hydrogen (secondary N) is 1. The normalized spacial score (nSPS) is 26.8. The second kappa shape index (κ2) is 6.48. The molecule has 0 radical (unpaired) electrons. The molecule has 0 saturated carbocycles. The summed E-state index contributed by atoms with van der Waals surface area (Å²) in [5.41, 5.74) is 6.52. The van der Waals surface area contributed by atoms with Crippen molar-refractivity contribution in [3.8, 4) is 0 Å². The maximum atomic E-state index is 12.9. The molecule has 4 amide bonds. The van der Waals surface area contributed by atoms with E-state index < -0.39 is 17.5 Å². The summed E-state index contributed by atoms with van der Waals surface area (Å²) in [7, 11) is 0. The number of aryl methyl sites for hydroxylation is 1. The average Bonchev–Trinajstić information content (AvgIpc) is 2.79. The third kappa shape index (κ3) is 3.24. The van der Waals surface area contributed by atoms with Gasteiger partial charge in [-0.15, -0.1) is 0 Å². The van der Waals surface area contributed by atoms with Crippen molar-refractivity contribution in [1.82, 2.24) is 15.1 Å². The minimum Gasteiger partial charge on any atom is -0.340 e. The molecular formula is C18H24N4O3. The molecule has 2 saturated heterocycles. The Morgan fingerprint density at radius 2 is 2.00 bits per heavy atom. The number of nitrogens with zero attached hydrogens (tertiary/aromatic N) is 2. The summed E-state index contributed by atoms with van der Waals surface area (Å²) in [6, 6.07) is 6.85. The van der Waals surface area contributed by atoms with Crippen LogP contribution in [0.4, 0.5) is 4.79 Å². The zero-order valence-corrected chi connectivity index (χ0v) is 14.6. The Kier molecular flexibility index (Phi) is 4.51. The topological polar surface area (TPSA) is 95.7 Å². The van der Waals surface area contributed by atoms with E-state index in [1.54, 1.807) is 11.8 Å². The van der Waals surface area contributed by atoms with E-state index in [1.165, 1.54) is 0 Å². The van der Waals surface area contributed by atoms with E-state index in [4.69, 9.17) is 5.73 Å². The van der Waals surface area contributed by atoms with Crippen LogP contribution in [0.5, 0.6) is 0 Å². The number of likely N-dealkylation sites (tertiary alicyclic amines) is 1. The number of hydrogen-bond acceptors (Lipinski definition) is 4. The molecule has 0 aliphatic carbocycles. The van der Waals surface area contributed by atoms with Gasteiger partial charge < -0.3 is 16.0 Å². The number of rotatable bonds is 3. The van der Waals surface area contributed by atoms with Crippen molar-refractivity contribution in [3.63, 3.8) is 0 Å². The van der Waals surface area contributed by atoms with Gasteiger partial charge in [-0.25, -0.2) is 4.79 Å². The number of carbonyl (C=O) groups is 3. The lowest BCUT2D eigenvalue weighted by Gasteiger charge is -2.31. The SMILES string of the molecule is Cc1ccc(C2(C)NC(=O)N(CC(=O)N3CCCC(N)C3)C2=O)cc1. The maximum Gasteiger partial charge on any atom is 0.325 e. The van der Waals surface area contributed by atoms with Crippen LogP contribution in [-0.4, -0.2) is 53.3 Å². The number of nitrogens with two attached hydrogens (primary N) is 1. The fourth-order valence-electron chi connectivity index (χ4n) is 3.39. The Morgan fingerprint density at radius 3 is 2.64 bits per heavy atom. The smallest absolute Gasteiger partial charge is 0.325 e. The Labute approximate surface area is 147 Å². The fraction of sp³-hybridized carbons (Fsp3) is 0.500. The first-order valence-electron chi connectivity index (χ1n) is 8.56. The Morgan fingerprint density at radius 1 is 1.32 bits per heavy atom. The largest absolute Gasteiger partial charge is 0.340 e. The van der Waals surface area contributed by atoms with E-state index in [0.29, 0.717) is 18.7 Å². The van der Waals surface area contributed by atoms with Crippen molar-refractivity contribution < 1.29 is 14.4 Å². The van der Waals surface area contributed by atoms with Crippen molar-refractivity contribution in [2.45, 2.75) is 38.3 Å². The third-order valence-corrected chi connectivity index (χ3v) is 5.01. The highest BCUT2D eigenvalue weighted by molar-refractivity contribution is 6.09. The number of benzene rings is 1. The molecular weight excluding hydrogens is 320 g/mol. The number of imide groups is 1. The molecule has 7 nitrogen and oxygen atoms in total. The van der Waals surface area contributed by atoms with Gasteiger partial charge in [-0.1, -0.05) is 29.8 Å². The van der Waals surface area contributed by atoms with Gasteiger partial charge in [0.1, 0.15) is 12.1 Å². The highest BCUT2D eigenvalue weighted by Gasteiger charge is 2.49. The molecule has 2 heterocycles. The predicted molar refractivity (Wildman–Crippen MR) is 92.6 cm³/mol. The quantitative estimate of drug-likeness (QED) is 0.790. The molecule has 0 bridgehead atoms. The summed E-state index contributed by atoms with van der Waals surface area (Å²) in [6.07, 6.45) is 1.73. The van der Waals surface area contributed by atoms with Crippen LogP contribution in [0.1, 0.15) is 30.9 Å². The molecule has 1 aromatic rings. The molecule has 0 aromatic heterocycles. The Balaban J connectivity index is 1.75. The standard InChI is InChI=1S/C18H24N4O3/c1-12-5-7-13(8-6-12)18(2)16(24)22(17(25)20-18)11-15(23)21-9-3-4-14(19)10-21/h5-8,14H,3-4,9-11,19H2,1-2H3,(H,20,25). The summed E-state index contributed by atoms with van der Waals surface area (Å²) >= 11 is 0. The fourth-order valence-corrected chi connectivity index (χ4v) is 3.39. The van der Waals surface area contributed by atoms with E-state index in [2.05, 4.69) is 5.32 Å². The van der Waals surface area contributed by atoms with Gasteiger partial charge in [0, 0.05) is 19.1 Å². The molecule has 134 valence electrons. The Bertz CT molecular complexity index is 703. The van der Waals surface area contributed by atoms with Crippen molar-refractivity contribution in [2.24, 2.45) is 5.73 Å². The van der Waals surface area contributed by atoms with E-state index in [9.17, 15) is 14.4 Å². The summed E-state index contributed by atoms with van der Waals surface area (Å²) in [5, 5.41) is 2.72. The van der Waals surface area contributed by atoms with Gasteiger partial charge in [0.2, 0.25) is 5.91 Å². The predicted octanol–water partition coefficient (Wildman–Crippen LogP) is 0.712. The van der Waals surface area contributed by atoms with E-state index >= 15 is 0 Å². The molecule has 2 unspecified atom stereocenters. The number of carbonyl (C=O) groups excluding carboxylic acids is 3. The van der Waals surface area contributed by atoms with Gasteiger partial charge in [0.25, 0.3) is 5.91 Å². The van der Waals surface area contributed by atoms with Gasteiger partial charge in [-0.05, 0) is 32.3 Å². The van der Waals surface area contributed by atoms with Gasteiger partial charge in [-0.3, -0.25) is 14.5 Å². The van der Waals surface area contributed by atoms with Crippen LogP contribution in [0.3, 0.4) is 0 Å². The molecule has 2 fully saturated rings. The highest BCUT2D eigenvalue weighted by Crippen LogP contribution is 2.29. The van der Waals surface area contributed by atoms with Crippen LogP contribution >= 0.6 is 0 Å². The summed E-state index contributed by atoms with van der Waals surface area (Å²) in [5.74, 6) is -0.650. The van der Waals surface area contributed by atoms with Gasteiger partial charge in [0.15, 0.2) is 0 Å². The van der Waals surface area contributed by atoms with Crippen molar-refractivity contribution in [3.05, 3.63) is 35.4 Å². The van der Waals surface area contributed by atoms with Crippen LogP contribution in [0.15, 0.2) is 24.3 Å². The number of hydrogen-bond donors (Lipinski definition) is 2. The molecule has 3 N–H and O–H groups in total. The van der Waals surface area contributed by atoms with Gasteiger partial charge in [0.05, 0.1) is 0 Å². The average molecular weight is 344 g/mol. The second-order valence-electron chi connectivity index (χ2n) is 7.05. The number of urea groups is 1. The third-order valence-electron chi connectivity index (χ3n) is 5.01. The molecule has 3 rings (SSSR count). The van der Waals surface area contributed by atoms with Crippen LogP contribution in [0.25, 0.3) is 0 Å². The zero-order chi connectivity index (χ0) is 18.2. The van der Waals surface area contributed by atoms with Crippen LogP contribution in [0.2, 0.25) is 0 Å². The molecule has 2 aliphatic heterocycles. The van der Waals surface area contributed by atoms with Crippen molar-refractivity contribution in [2.75, 3.05) is 19.6 Å². The first-order chi connectivity index (χ1) is 11.8. The molecule has 7 heteroatoms. The molecule has 2 aliphatic rings. The lowest BCUT2D eigenvalue weighted by Crippen LogP contribution is -2.50.